The van der Waals surface area contributed by atoms with Crippen LogP contribution in [0.1, 0.15) is 26.3 Å². The Labute approximate surface area is 171 Å². The maximum atomic E-state index is 14.2. The molecule has 0 atom stereocenters. The zero-order valence-corrected chi connectivity index (χ0v) is 16.4. The third kappa shape index (κ3) is 4.01. The van der Waals surface area contributed by atoms with Crippen molar-refractivity contribution in [1.29, 1.82) is 0 Å². The van der Waals surface area contributed by atoms with Gasteiger partial charge in [0.25, 0.3) is 11.5 Å². The first-order chi connectivity index (χ1) is 14.4. The number of aromatic carboxylic acids is 1. The number of H-pyrrole nitrogens is 1. The van der Waals surface area contributed by atoms with Gasteiger partial charge in [-0.25, -0.2) is 9.18 Å². The maximum absolute atomic E-state index is 14.2. The second kappa shape index (κ2) is 8.75. The van der Waals surface area contributed by atoms with Crippen molar-refractivity contribution >= 4 is 34.2 Å². The lowest BCUT2D eigenvalue weighted by Gasteiger charge is -2.15. The van der Waals surface area contributed by atoms with E-state index in [1.165, 1.54) is 30.3 Å². The molecule has 9 heteroatoms. The highest BCUT2D eigenvalue weighted by Gasteiger charge is 2.22. The Morgan fingerprint density at radius 1 is 1.13 bits per heavy atom. The molecule has 3 aromatic rings. The summed E-state index contributed by atoms with van der Waals surface area (Å²) in [4.78, 5) is 39.9. The van der Waals surface area contributed by atoms with Gasteiger partial charge in [-0.05, 0) is 49.8 Å². The number of fused-ring (bicyclic) bond motifs is 1. The van der Waals surface area contributed by atoms with E-state index in [-0.39, 0.29) is 23.2 Å². The predicted molar refractivity (Wildman–Crippen MR) is 113 cm³/mol. The Morgan fingerprint density at radius 2 is 1.87 bits per heavy atom. The van der Waals surface area contributed by atoms with E-state index in [1.54, 1.807) is 20.2 Å². The number of carboxylic acid groups (broad SMARTS) is 1. The quantitative estimate of drug-likeness (QED) is 0.406. The molecular weight excluding hydrogens is 391 g/mol. The molecule has 1 heterocycles. The van der Waals surface area contributed by atoms with Crippen LogP contribution in [-0.4, -0.2) is 42.6 Å². The number of nitrogens with one attached hydrogen (secondary N) is 4. The van der Waals surface area contributed by atoms with Crippen molar-refractivity contribution in [2.24, 2.45) is 0 Å². The van der Waals surface area contributed by atoms with Gasteiger partial charge in [-0.3, -0.25) is 9.59 Å². The van der Waals surface area contributed by atoms with Crippen molar-refractivity contribution in [3.63, 3.8) is 0 Å². The fourth-order valence-electron chi connectivity index (χ4n) is 3.34. The zero-order chi connectivity index (χ0) is 21.8. The summed E-state index contributed by atoms with van der Waals surface area (Å²) in [6.07, 6.45) is 0.285. The molecule has 0 aliphatic rings. The molecule has 0 aliphatic carbocycles. The molecule has 1 amide bonds. The number of pyridine rings is 1. The number of aromatic nitrogens is 1. The largest absolute Gasteiger partial charge is 0.478 e. The van der Waals surface area contributed by atoms with E-state index in [1.807, 2.05) is 0 Å². The third-order valence-electron chi connectivity index (χ3n) is 4.72. The Hall–Kier alpha value is -3.72. The number of carbonyl (C=O) groups is 2. The molecule has 5 N–H and O–H groups in total. The van der Waals surface area contributed by atoms with Crippen LogP contribution in [0.3, 0.4) is 0 Å². The Bertz CT molecular complexity index is 1190. The Kier molecular flexibility index (Phi) is 6.12. The van der Waals surface area contributed by atoms with Crippen LogP contribution in [0.25, 0.3) is 10.9 Å². The predicted octanol–water partition coefficient (Wildman–Crippen LogP) is 2.42. The number of carbonyl (C=O) groups excluding carboxylic acids is 1. The summed E-state index contributed by atoms with van der Waals surface area (Å²) in [6, 6.07) is 8.40. The topological polar surface area (TPSA) is 123 Å². The van der Waals surface area contributed by atoms with Crippen LogP contribution in [0.4, 0.5) is 15.8 Å². The first kappa shape index (κ1) is 21.0. The number of halogens is 1. The number of hydrogen-bond donors (Lipinski definition) is 5. The molecule has 3 rings (SSSR count). The summed E-state index contributed by atoms with van der Waals surface area (Å²) in [7, 11) is 3.32. The van der Waals surface area contributed by atoms with Crippen molar-refractivity contribution in [1.82, 2.24) is 10.3 Å². The molecule has 0 radical (unpaired) electrons. The second-order valence-electron chi connectivity index (χ2n) is 6.59. The van der Waals surface area contributed by atoms with Gasteiger partial charge < -0.3 is 26.0 Å². The average molecular weight is 412 g/mol. The van der Waals surface area contributed by atoms with Gasteiger partial charge in [0.05, 0.1) is 22.5 Å². The van der Waals surface area contributed by atoms with E-state index in [0.717, 1.165) is 0 Å². The summed E-state index contributed by atoms with van der Waals surface area (Å²) in [5.41, 5.74) is 0.248. The lowest BCUT2D eigenvalue weighted by Crippen LogP contribution is -2.28. The standard InChI is InChI=1S/C21H21FN4O4/c1-23-8-7-12-14-9-11(22)10-16(24-2)18(14)26-20(28)17(12)19(27)25-15-6-4-3-5-13(15)21(29)30/h3-6,9-10,23-24H,7-8H2,1-2H3,(H,25,27)(H,26,28)(H,29,30). The van der Waals surface area contributed by atoms with Crippen molar-refractivity contribution < 1.29 is 19.1 Å². The molecule has 0 bridgehead atoms. The number of aromatic amines is 1. The molecule has 0 aliphatic heterocycles. The second-order valence-corrected chi connectivity index (χ2v) is 6.59. The highest BCUT2D eigenvalue weighted by atomic mass is 19.1. The summed E-state index contributed by atoms with van der Waals surface area (Å²) < 4.78 is 14.2. The zero-order valence-electron chi connectivity index (χ0n) is 16.4. The lowest BCUT2D eigenvalue weighted by molar-refractivity contribution is 0.0698. The van der Waals surface area contributed by atoms with E-state index in [4.69, 9.17) is 0 Å². The highest BCUT2D eigenvalue weighted by Crippen LogP contribution is 2.27. The number of anilines is 2. The van der Waals surface area contributed by atoms with Crippen molar-refractivity contribution in [3.05, 3.63) is 69.3 Å². The van der Waals surface area contributed by atoms with E-state index >= 15 is 0 Å². The molecule has 30 heavy (non-hydrogen) atoms. The third-order valence-corrected chi connectivity index (χ3v) is 4.72. The highest BCUT2D eigenvalue weighted by molar-refractivity contribution is 6.10. The van der Waals surface area contributed by atoms with Gasteiger partial charge in [-0.15, -0.1) is 0 Å². The van der Waals surface area contributed by atoms with Gasteiger partial charge in [0.15, 0.2) is 0 Å². The Balaban J connectivity index is 2.19. The van der Waals surface area contributed by atoms with Crippen molar-refractivity contribution in [2.75, 3.05) is 31.3 Å². The molecule has 1 aromatic heterocycles. The summed E-state index contributed by atoms with van der Waals surface area (Å²) in [5, 5.41) is 18.0. The lowest BCUT2D eigenvalue weighted by atomic mass is 9.98. The minimum absolute atomic E-state index is 0.0595. The van der Waals surface area contributed by atoms with Crippen LogP contribution in [-0.2, 0) is 6.42 Å². The number of benzene rings is 2. The molecular formula is C21H21FN4O4. The van der Waals surface area contributed by atoms with Crippen LogP contribution < -0.4 is 21.5 Å². The van der Waals surface area contributed by atoms with Crippen LogP contribution in [0.2, 0.25) is 0 Å². The summed E-state index contributed by atoms with van der Waals surface area (Å²) in [6.45, 7) is 0.440. The van der Waals surface area contributed by atoms with Crippen LogP contribution in [0, 0.1) is 5.82 Å². The van der Waals surface area contributed by atoms with Gasteiger partial charge in [0.1, 0.15) is 11.4 Å². The summed E-state index contributed by atoms with van der Waals surface area (Å²) >= 11 is 0. The van der Waals surface area contributed by atoms with Crippen LogP contribution in [0.5, 0.6) is 0 Å². The first-order valence-electron chi connectivity index (χ1n) is 9.21. The molecule has 0 saturated carbocycles. The smallest absolute Gasteiger partial charge is 0.337 e. The van der Waals surface area contributed by atoms with E-state index in [0.29, 0.717) is 28.7 Å². The minimum atomic E-state index is -1.21. The van der Waals surface area contributed by atoms with Crippen LogP contribution >= 0.6 is 0 Å². The number of para-hydroxylation sites is 1. The number of rotatable bonds is 7. The van der Waals surface area contributed by atoms with Crippen LogP contribution in [0.15, 0.2) is 41.2 Å². The molecule has 8 nitrogen and oxygen atoms in total. The average Bonchev–Trinajstić information content (AvgIpc) is 2.71. The maximum Gasteiger partial charge on any atom is 0.337 e. The molecule has 2 aromatic carbocycles. The monoisotopic (exact) mass is 412 g/mol. The fraction of sp³-hybridized carbons (Fsp3) is 0.190. The molecule has 156 valence electrons. The van der Waals surface area contributed by atoms with Crippen molar-refractivity contribution in [2.45, 2.75) is 6.42 Å². The molecule has 0 spiro atoms. The first-order valence-corrected chi connectivity index (χ1v) is 9.21. The van der Waals surface area contributed by atoms with Gasteiger partial charge in [0.2, 0.25) is 0 Å². The van der Waals surface area contributed by atoms with Gasteiger partial charge in [-0.1, -0.05) is 12.1 Å². The number of likely N-dealkylation sites (N-methyl/N-ethyl adjacent to an activating group) is 1. The van der Waals surface area contributed by atoms with Gasteiger partial charge in [-0.2, -0.15) is 0 Å². The normalized spacial score (nSPS) is 10.8. The van der Waals surface area contributed by atoms with E-state index < -0.39 is 23.3 Å². The SMILES string of the molecule is CNCCc1c(C(=O)Nc2ccccc2C(=O)O)c(=O)[nH]c2c(NC)cc(F)cc12. The molecule has 0 unspecified atom stereocenters. The van der Waals surface area contributed by atoms with E-state index in [9.17, 15) is 23.9 Å². The molecule has 0 saturated heterocycles. The minimum Gasteiger partial charge on any atom is -0.478 e. The number of hydrogen-bond acceptors (Lipinski definition) is 5. The van der Waals surface area contributed by atoms with Gasteiger partial charge in [0, 0.05) is 12.4 Å². The number of amides is 1. The van der Waals surface area contributed by atoms with Crippen molar-refractivity contribution in [3.8, 4) is 0 Å². The molecule has 0 fully saturated rings. The Morgan fingerprint density at radius 3 is 2.53 bits per heavy atom. The summed E-state index contributed by atoms with van der Waals surface area (Å²) in [5.74, 6) is -2.50. The number of carboxylic acids is 1. The fourth-order valence-corrected chi connectivity index (χ4v) is 3.34. The van der Waals surface area contributed by atoms with E-state index in [2.05, 4.69) is 20.9 Å². The van der Waals surface area contributed by atoms with Gasteiger partial charge >= 0.3 is 5.97 Å².